The first-order chi connectivity index (χ1) is 11.2. The molecule has 4 rings (SSSR count). The third-order valence-corrected chi connectivity index (χ3v) is 5.85. The second-order valence-corrected chi connectivity index (χ2v) is 7.76. The van der Waals surface area contributed by atoms with E-state index in [1.807, 2.05) is 37.3 Å². The molecular weight excluding hydrogens is 326 g/mol. The molecule has 4 nitrogen and oxygen atoms in total. The van der Waals surface area contributed by atoms with E-state index in [2.05, 4.69) is 15.3 Å². The van der Waals surface area contributed by atoms with Crippen LogP contribution < -0.4 is 5.32 Å². The maximum Gasteiger partial charge on any atom is 0.269 e. The van der Waals surface area contributed by atoms with Gasteiger partial charge in [-0.3, -0.25) is 10.1 Å². The van der Waals surface area contributed by atoms with Gasteiger partial charge >= 0.3 is 0 Å². The zero-order valence-corrected chi connectivity index (χ0v) is 14.3. The zero-order chi connectivity index (χ0) is 15.8. The predicted molar refractivity (Wildman–Crippen MR) is 94.4 cm³/mol. The highest BCUT2D eigenvalue weighted by molar-refractivity contribution is 7.16. The highest BCUT2D eigenvalue weighted by Crippen LogP contribution is 2.32. The average Bonchev–Trinajstić information content (AvgIpc) is 3.22. The molecule has 1 amide bonds. The van der Waals surface area contributed by atoms with Gasteiger partial charge in [0.15, 0.2) is 5.13 Å². The van der Waals surface area contributed by atoms with Crippen LogP contribution >= 0.6 is 22.7 Å². The van der Waals surface area contributed by atoms with Crippen LogP contribution in [0.1, 0.15) is 31.7 Å². The van der Waals surface area contributed by atoms with Crippen LogP contribution in [0.25, 0.3) is 11.3 Å². The van der Waals surface area contributed by atoms with E-state index in [0.717, 1.165) is 34.8 Å². The number of hydrogen-bond acceptors (Lipinski definition) is 5. The van der Waals surface area contributed by atoms with Gasteiger partial charge in [-0.1, -0.05) is 30.3 Å². The molecule has 0 saturated heterocycles. The molecule has 2 heterocycles. The first-order valence-electron chi connectivity index (χ1n) is 7.53. The lowest BCUT2D eigenvalue weighted by molar-refractivity contribution is 0.103. The Kier molecular flexibility index (Phi) is 3.71. The Morgan fingerprint density at radius 2 is 1.96 bits per heavy atom. The highest BCUT2D eigenvalue weighted by atomic mass is 32.1. The van der Waals surface area contributed by atoms with E-state index in [0.29, 0.717) is 10.0 Å². The molecule has 23 heavy (non-hydrogen) atoms. The molecule has 0 atom stereocenters. The van der Waals surface area contributed by atoms with Crippen LogP contribution in [0.15, 0.2) is 30.3 Å². The van der Waals surface area contributed by atoms with Crippen LogP contribution in [0.4, 0.5) is 5.13 Å². The van der Waals surface area contributed by atoms with Crippen molar-refractivity contribution in [3.63, 3.8) is 0 Å². The quantitative estimate of drug-likeness (QED) is 0.772. The van der Waals surface area contributed by atoms with E-state index < -0.39 is 0 Å². The summed E-state index contributed by atoms with van der Waals surface area (Å²) in [6.07, 6.45) is 3.28. The zero-order valence-electron chi connectivity index (χ0n) is 12.6. The number of nitrogens with one attached hydrogen (secondary N) is 1. The van der Waals surface area contributed by atoms with Crippen molar-refractivity contribution in [1.29, 1.82) is 0 Å². The van der Waals surface area contributed by atoms with Crippen molar-refractivity contribution in [2.45, 2.75) is 26.2 Å². The molecule has 1 aliphatic rings. The summed E-state index contributed by atoms with van der Waals surface area (Å²) < 4.78 is 0. The lowest BCUT2D eigenvalue weighted by atomic mass is 10.1. The van der Waals surface area contributed by atoms with Crippen LogP contribution in [-0.2, 0) is 12.8 Å². The minimum absolute atomic E-state index is 0.123. The van der Waals surface area contributed by atoms with Crippen molar-refractivity contribution in [1.82, 2.24) is 9.97 Å². The van der Waals surface area contributed by atoms with Crippen LogP contribution in [0, 0.1) is 6.92 Å². The Balaban J connectivity index is 1.63. The molecule has 0 aliphatic heterocycles. The van der Waals surface area contributed by atoms with Crippen molar-refractivity contribution in [2.75, 3.05) is 5.32 Å². The summed E-state index contributed by atoms with van der Waals surface area (Å²) in [5.74, 6) is -0.123. The fourth-order valence-corrected chi connectivity index (χ4v) is 4.65. The normalized spacial score (nSPS) is 13.1. The summed E-state index contributed by atoms with van der Waals surface area (Å²) in [5.41, 5.74) is 2.85. The van der Waals surface area contributed by atoms with Gasteiger partial charge in [-0.2, -0.15) is 0 Å². The van der Waals surface area contributed by atoms with Crippen LogP contribution in [0.3, 0.4) is 0 Å². The van der Waals surface area contributed by atoms with Crippen molar-refractivity contribution in [3.8, 4) is 11.3 Å². The van der Waals surface area contributed by atoms with Gasteiger partial charge in [0.05, 0.1) is 16.4 Å². The molecule has 116 valence electrons. The molecule has 0 fully saturated rings. The lowest BCUT2D eigenvalue weighted by Crippen LogP contribution is -2.11. The third-order valence-electron chi connectivity index (χ3n) is 3.80. The monoisotopic (exact) mass is 341 g/mol. The van der Waals surface area contributed by atoms with Crippen LogP contribution in [0.2, 0.25) is 0 Å². The fourth-order valence-electron chi connectivity index (χ4n) is 2.77. The number of anilines is 1. The Morgan fingerprint density at radius 1 is 1.13 bits per heavy atom. The SMILES string of the molecule is Cc1nc(-c2ccccc2)c(C(=O)Nc2nc3c(s2)CCC3)s1. The fraction of sp³-hybridized carbons (Fsp3) is 0.235. The molecule has 0 saturated carbocycles. The van der Waals surface area contributed by atoms with Crippen LogP contribution in [0.5, 0.6) is 0 Å². The summed E-state index contributed by atoms with van der Waals surface area (Å²) in [6.45, 7) is 1.92. The summed E-state index contributed by atoms with van der Waals surface area (Å²) >= 11 is 3.02. The van der Waals surface area contributed by atoms with E-state index >= 15 is 0 Å². The first-order valence-corrected chi connectivity index (χ1v) is 9.17. The number of thiazole rings is 2. The average molecular weight is 341 g/mol. The first kappa shape index (κ1) is 14.5. The van der Waals surface area contributed by atoms with E-state index in [-0.39, 0.29) is 5.91 Å². The third kappa shape index (κ3) is 2.80. The maximum absolute atomic E-state index is 12.7. The van der Waals surface area contributed by atoms with Gasteiger partial charge in [-0.15, -0.1) is 22.7 Å². The number of aryl methyl sites for hydroxylation is 3. The summed E-state index contributed by atoms with van der Waals surface area (Å²) in [5, 5.41) is 4.53. The van der Waals surface area contributed by atoms with Crippen molar-refractivity contribution < 1.29 is 4.79 Å². The van der Waals surface area contributed by atoms with E-state index in [1.54, 1.807) is 11.3 Å². The number of fused-ring (bicyclic) bond motifs is 1. The largest absolute Gasteiger partial charge is 0.297 e. The second kappa shape index (κ2) is 5.86. The Bertz CT molecular complexity index is 846. The minimum atomic E-state index is -0.123. The number of hydrogen-bond donors (Lipinski definition) is 1. The molecule has 0 bridgehead atoms. The van der Waals surface area contributed by atoms with Gasteiger partial charge in [0.1, 0.15) is 4.88 Å². The lowest BCUT2D eigenvalue weighted by Gasteiger charge is -2.02. The van der Waals surface area contributed by atoms with E-state index in [1.165, 1.54) is 22.6 Å². The van der Waals surface area contributed by atoms with Gasteiger partial charge in [0.25, 0.3) is 5.91 Å². The van der Waals surface area contributed by atoms with Gasteiger partial charge in [0.2, 0.25) is 0 Å². The standard InChI is InChI=1S/C17H15N3OS2/c1-10-18-14(11-6-3-2-4-7-11)15(22-10)16(21)20-17-19-12-8-5-9-13(12)23-17/h2-4,6-7H,5,8-9H2,1H3,(H,19,20,21). The summed E-state index contributed by atoms with van der Waals surface area (Å²) in [4.78, 5) is 23.7. The van der Waals surface area contributed by atoms with Crippen molar-refractivity contribution in [2.24, 2.45) is 0 Å². The van der Waals surface area contributed by atoms with Gasteiger partial charge in [-0.05, 0) is 26.2 Å². The minimum Gasteiger partial charge on any atom is -0.297 e. The van der Waals surface area contributed by atoms with Gasteiger partial charge in [-0.25, -0.2) is 9.97 Å². The number of nitrogens with zero attached hydrogens (tertiary/aromatic N) is 2. The number of carbonyl (C=O) groups is 1. The molecule has 2 aromatic heterocycles. The maximum atomic E-state index is 12.7. The Labute approximate surface area is 142 Å². The molecule has 1 N–H and O–H groups in total. The van der Waals surface area contributed by atoms with Crippen molar-refractivity contribution in [3.05, 3.63) is 50.8 Å². The Morgan fingerprint density at radius 3 is 2.74 bits per heavy atom. The molecular formula is C17H15N3OS2. The van der Waals surface area contributed by atoms with Gasteiger partial charge < -0.3 is 0 Å². The summed E-state index contributed by atoms with van der Waals surface area (Å²) in [6, 6.07) is 9.82. The molecule has 0 unspecified atom stereocenters. The molecule has 1 aliphatic carbocycles. The summed E-state index contributed by atoms with van der Waals surface area (Å²) in [7, 11) is 0. The predicted octanol–water partition coefficient (Wildman–Crippen LogP) is 4.32. The molecule has 1 aromatic carbocycles. The highest BCUT2D eigenvalue weighted by Gasteiger charge is 2.21. The molecule has 0 radical (unpaired) electrons. The number of rotatable bonds is 3. The van der Waals surface area contributed by atoms with Crippen LogP contribution in [-0.4, -0.2) is 15.9 Å². The number of aromatic nitrogens is 2. The van der Waals surface area contributed by atoms with E-state index in [4.69, 9.17) is 0 Å². The topological polar surface area (TPSA) is 54.9 Å². The second-order valence-electron chi connectivity index (χ2n) is 5.47. The van der Waals surface area contributed by atoms with Crippen molar-refractivity contribution >= 4 is 33.7 Å². The smallest absolute Gasteiger partial charge is 0.269 e. The molecule has 3 aromatic rings. The number of amides is 1. The van der Waals surface area contributed by atoms with E-state index in [9.17, 15) is 4.79 Å². The molecule has 6 heteroatoms. The number of carbonyl (C=O) groups excluding carboxylic acids is 1. The number of benzene rings is 1. The Hall–Kier alpha value is -2.05. The molecule has 0 spiro atoms. The van der Waals surface area contributed by atoms with Gasteiger partial charge in [0, 0.05) is 10.4 Å².